The van der Waals surface area contributed by atoms with Gasteiger partial charge in [0.05, 0.1) is 23.0 Å². The van der Waals surface area contributed by atoms with Crippen molar-refractivity contribution in [3.05, 3.63) is 47.5 Å². The number of rotatable bonds is 0. The molecule has 1 aromatic carbocycles. The zero-order chi connectivity index (χ0) is 22.4. The van der Waals surface area contributed by atoms with Crippen molar-refractivity contribution in [3.63, 3.8) is 0 Å². The highest BCUT2D eigenvalue weighted by Crippen LogP contribution is 2.42. The van der Waals surface area contributed by atoms with Crippen LogP contribution in [0.1, 0.15) is 34.9 Å². The molecular weight excluding hydrogens is 411 g/mol. The number of benzene rings is 1. The molecule has 2 bridgehead atoms. The van der Waals surface area contributed by atoms with Crippen LogP contribution in [0.2, 0.25) is 0 Å². The zero-order valence-electron chi connectivity index (χ0n) is 18.0. The molecule has 4 heterocycles. The summed E-state index contributed by atoms with van der Waals surface area (Å²) in [4.78, 5) is 16.9. The molecule has 10 heteroatoms. The Labute approximate surface area is 185 Å². The van der Waals surface area contributed by atoms with E-state index in [-0.39, 0.29) is 17.8 Å². The van der Waals surface area contributed by atoms with E-state index in [9.17, 15) is 9.18 Å². The molecule has 1 atom stereocenters. The number of anilines is 3. The maximum absolute atomic E-state index is 14.3. The number of nitrogen functional groups attached to an aromatic ring is 1. The lowest BCUT2D eigenvalue weighted by Crippen LogP contribution is -2.32. The second-order valence-electron chi connectivity index (χ2n) is 8.30. The van der Waals surface area contributed by atoms with E-state index in [2.05, 4.69) is 25.5 Å². The van der Waals surface area contributed by atoms with Gasteiger partial charge < -0.3 is 20.9 Å². The van der Waals surface area contributed by atoms with Gasteiger partial charge in [-0.2, -0.15) is 5.10 Å². The minimum Gasteiger partial charge on any atom is -0.383 e. The van der Waals surface area contributed by atoms with Crippen LogP contribution in [0.15, 0.2) is 30.5 Å². The number of carbonyl (C=O) groups is 1. The van der Waals surface area contributed by atoms with Crippen LogP contribution in [0.3, 0.4) is 0 Å². The summed E-state index contributed by atoms with van der Waals surface area (Å²) in [7, 11) is 3.50. The van der Waals surface area contributed by atoms with Gasteiger partial charge in [0.25, 0.3) is 5.91 Å². The molecule has 1 amide bonds. The smallest absolute Gasteiger partial charge is 0.274 e. The van der Waals surface area contributed by atoms with Crippen molar-refractivity contribution in [1.82, 2.24) is 24.9 Å². The molecular formula is C22H25FN8O. The predicted octanol–water partition coefficient (Wildman–Crippen LogP) is 2.44. The molecule has 2 aliphatic rings. The van der Waals surface area contributed by atoms with E-state index in [1.807, 2.05) is 6.07 Å². The van der Waals surface area contributed by atoms with Crippen LogP contribution in [0, 0.1) is 5.82 Å². The Morgan fingerprint density at radius 3 is 2.88 bits per heavy atom. The highest BCUT2D eigenvalue weighted by Gasteiger charge is 2.31. The topological polar surface area (TPSA) is 105 Å². The lowest BCUT2D eigenvalue weighted by molar-refractivity contribution is 0.0794. The van der Waals surface area contributed by atoms with E-state index < -0.39 is 0 Å². The molecule has 3 aromatic rings. The fourth-order valence-electron chi connectivity index (χ4n) is 4.58. The van der Waals surface area contributed by atoms with Gasteiger partial charge in [-0.1, -0.05) is 0 Å². The highest BCUT2D eigenvalue weighted by atomic mass is 19.1. The first-order chi connectivity index (χ1) is 15.4. The molecule has 32 heavy (non-hydrogen) atoms. The molecule has 0 unspecified atom stereocenters. The van der Waals surface area contributed by atoms with Crippen LogP contribution in [0.4, 0.5) is 21.6 Å². The quantitative estimate of drug-likeness (QED) is 0.558. The summed E-state index contributed by atoms with van der Waals surface area (Å²) in [5.41, 5.74) is 10.1. The second kappa shape index (κ2) is 7.77. The molecule has 0 saturated carbocycles. The number of carbonyl (C=O) groups excluding carboxylic acids is 1. The molecule has 2 aromatic heterocycles. The van der Waals surface area contributed by atoms with Gasteiger partial charge in [-0.25, -0.2) is 4.39 Å². The number of aryl methyl sites for hydroxylation is 1. The molecule has 3 N–H and O–H groups in total. The SMILES string of the molecule is CN1CCNc2ccc(F)cc2[C@H]2CCCN2c2cc(nnc2N)-c2cn(C)nc2C1=O. The van der Waals surface area contributed by atoms with Gasteiger partial charge in [-0.05, 0) is 37.1 Å². The number of hydrogen-bond donors (Lipinski definition) is 2. The molecule has 0 spiro atoms. The minimum absolute atomic E-state index is 0.0526. The molecule has 166 valence electrons. The highest BCUT2D eigenvalue weighted by molar-refractivity contribution is 5.98. The Balaban J connectivity index is 1.70. The second-order valence-corrected chi connectivity index (χ2v) is 8.30. The molecule has 1 fully saturated rings. The summed E-state index contributed by atoms with van der Waals surface area (Å²) >= 11 is 0. The number of nitrogens with two attached hydrogens (primary N) is 1. The Bertz CT molecular complexity index is 1190. The third-order valence-corrected chi connectivity index (χ3v) is 6.15. The van der Waals surface area contributed by atoms with Gasteiger partial charge in [0.15, 0.2) is 11.5 Å². The summed E-state index contributed by atoms with van der Waals surface area (Å²) in [5, 5.41) is 16.2. The van der Waals surface area contributed by atoms with Crippen LogP contribution >= 0.6 is 0 Å². The van der Waals surface area contributed by atoms with Crippen molar-refractivity contribution in [3.8, 4) is 11.3 Å². The molecule has 1 saturated heterocycles. The van der Waals surface area contributed by atoms with Gasteiger partial charge in [-0.15, -0.1) is 10.2 Å². The van der Waals surface area contributed by atoms with Crippen LogP contribution in [-0.2, 0) is 7.05 Å². The van der Waals surface area contributed by atoms with Crippen molar-refractivity contribution >= 4 is 23.1 Å². The lowest BCUT2D eigenvalue weighted by atomic mass is 10.0. The summed E-state index contributed by atoms with van der Waals surface area (Å²) in [6.45, 7) is 1.74. The Kier molecular flexibility index (Phi) is 4.91. The number of aromatic nitrogens is 4. The largest absolute Gasteiger partial charge is 0.383 e. The van der Waals surface area contributed by atoms with E-state index in [0.717, 1.165) is 36.3 Å². The first-order valence-electron chi connectivity index (χ1n) is 10.6. The number of halogens is 1. The van der Waals surface area contributed by atoms with E-state index >= 15 is 0 Å². The van der Waals surface area contributed by atoms with Crippen molar-refractivity contribution in [2.45, 2.75) is 18.9 Å². The van der Waals surface area contributed by atoms with Gasteiger partial charge in [0.1, 0.15) is 5.82 Å². The number of nitrogens with zero attached hydrogens (tertiary/aromatic N) is 6. The maximum atomic E-state index is 14.3. The monoisotopic (exact) mass is 436 g/mol. The van der Waals surface area contributed by atoms with Crippen LogP contribution in [0.25, 0.3) is 11.3 Å². The summed E-state index contributed by atoms with van der Waals surface area (Å²) in [6, 6.07) is 6.58. The fourth-order valence-corrected chi connectivity index (χ4v) is 4.58. The Hall–Kier alpha value is -3.69. The first-order valence-corrected chi connectivity index (χ1v) is 10.6. The number of amides is 1. The third kappa shape index (κ3) is 3.41. The number of likely N-dealkylation sites (N-methyl/N-ethyl adjacent to an activating group) is 1. The van der Waals surface area contributed by atoms with Gasteiger partial charge in [-0.3, -0.25) is 9.48 Å². The fraction of sp³-hybridized carbons (Fsp3) is 0.364. The normalized spacial score (nSPS) is 18.5. The zero-order valence-corrected chi connectivity index (χ0v) is 18.0. The summed E-state index contributed by atoms with van der Waals surface area (Å²) in [6.07, 6.45) is 3.57. The van der Waals surface area contributed by atoms with Crippen LogP contribution in [0.5, 0.6) is 0 Å². The molecule has 0 aliphatic carbocycles. The van der Waals surface area contributed by atoms with E-state index in [4.69, 9.17) is 5.73 Å². The number of fused-ring (bicyclic) bond motifs is 8. The number of hydrogen-bond acceptors (Lipinski definition) is 7. The third-order valence-electron chi connectivity index (χ3n) is 6.15. The predicted molar refractivity (Wildman–Crippen MR) is 120 cm³/mol. The standard InChI is InChI=1S/C22H25FN8O/c1-29-9-7-25-16-6-5-13(23)10-14(16)18-4-3-8-31(18)19-11-17(26-27-21(19)24)15-12-30(2)28-20(15)22(29)32/h5-6,10-12,18,25H,3-4,7-9H2,1-2H3,(H2,24,27)/t18-/m1/s1. The van der Waals surface area contributed by atoms with Crippen LogP contribution in [-0.4, -0.2) is 57.5 Å². The Morgan fingerprint density at radius 1 is 1.19 bits per heavy atom. The summed E-state index contributed by atoms with van der Waals surface area (Å²) in [5.74, 6) is -0.196. The van der Waals surface area contributed by atoms with E-state index in [0.29, 0.717) is 35.9 Å². The first kappa shape index (κ1) is 20.2. The lowest BCUT2D eigenvalue weighted by Gasteiger charge is -2.30. The van der Waals surface area contributed by atoms with Gasteiger partial charge in [0.2, 0.25) is 0 Å². The average molecular weight is 436 g/mol. The van der Waals surface area contributed by atoms with Gasteiger partial charge >= 0.3 is 0 Å². The molecule has 5 rings (SSSR count). The minimum atomic E-state index is -0.285. The number of nitrogens with one attached hydrogen (secondary N) is 1. The summed E-state index contributed by atoms with van der Waals surface area (Å²) < 4.78 is 15.9. The van der Waals surface area contributed by atoms with Crippen molar-refractivity contribution in [2.75, 3.05) is 42.6 Å². The Morgan fingerprint density at radius 2 is 2.03 bits per heavy atom. The average Bonchev–Trinajstić information content (AvgIpc) is 3.40. The molecule has 2 aliphatic heterocycles. The van der Waals surface area contributed by atoms with E-state index in [1.165, 1.54) is 6.07 Å². The maximum Gasteiger partial charge on any atom is 0.274 e. The molecule has 0 radical (unpaired) electrons. The van der Waals surface area contributed by atoms with Crippen molar-refractivity contribution in [1.29, 1.82) is 0 Å². The van der Waals surface area contributed by atoms with Crippen molar-refractivity contribution < 1.29 is 9.18 Å². The van der Waals surface area contributed by atoms with E-state index in [1.54, 1.807) is 42.0 Å². The molecule has 9 nitrogen and oxygen atoms in total. The van der Waals surface area contributed by atoms with Crippen LogP contribution < -0.4 is 16.0 Å². The van der Waals surface area contributed by atoms with Gasteiger partial charge in [0, 0.05) is 51.2 Å². The van der Waals surface area contributed by atoms with Crippen molar-refractivity contribution in [2.24, 2.45) is 7.05 Å².